The fraction of sp³-hybridized carbons (Fsp3) is 0.826. The first kappa shape index (κ1) is 30.6. The fourth-order valence-electron chi connectivity index (χ4n) is 3.17. The molecule has 0 fully saturated rings. The standard InChI is InChI=1S/C23H43N3O8/c1-4-6-7-8-9-32-10-11-33-12-13-34-17-19-16-26(25-24-19)15-18(5-2)22(29)20(27)14-21(28)23(30)31-3/h5,16,20-23,27-30H,4,6-15,17H2,1-3H3/b18-5-/t20-,21-,22-,23-/m1/s1. The molecule has 0 saturated heterocycles. The van der Waals surface area contributed by atoms with Gasteiger partial charge in [0.15, 0.2) is 6.29 Å². The Hall–Kier alpha value is -1.44. The lowest BCUT2D eigenvalue weighted by Crippen LogP contribution is -2.37. The summed E-state index contributed by atoms with van der Waals surface area (Å²) in [5, 5.41) is 47.9. The second kappa shape index (κ2) is 18.8. The maximum absolute atomic E-state index is 10.4. The highest BCUT2D eigenvalue weighted by atomic mass is 16.6. The molecule has 4 N–H and O–H groups in total. The summed E-state index contributed by atoms with van der Waals surface area (Å²) < 4.78 is 22.7. The molecule has 0 aliphatic heterocycles. The van der Waals surface area contributed by atoms with Crippen LogP contribution in [0.3, 0.4) is 0 Å². The highest BCUT2D eigenvalue weighted by Gasteiger charge is 2.26. The Morgan fingerprint density at radius 3 is 2.29 bits per heavy atom. The van der Waals surface area contributed by atoms with Gasteiger partial charge in [0.25, 0.3) is 0 Å². The van der Waals surface area contributed by atoms with Crippen molar-refractivity contribution in [3.8, 4) is 0 Å². The van der Waals surface area contributed by atoms with Gasteiger partial charge in [0, 0.05) is 20.1 Å². The van der Waals surface area contributed by atoms with E-state index in [1.54, 1.807) is 19.2 Å². The van der Waals surface area contributed by atoms with E-state index in [0.29, 0.717) is 37.7 Å². The Balaban J connectivity index is 2.24. The van der Waals surface area contributed by atoms with Crippen molar-refractivity contribution < 1.29 is 39.4 Å². The predicted molar refractivity (Wildman–Crippen MR) is 125 cm³/mol. The number of aliphatic hydroxyl groups excluding tert-OH is 4. The molecule has 198 valence electrons. The van der Waals surface area contributed by atoms with Crippen molar-refractivity contribution in [1.29, 1.82) is 0 Å². The first-order valence-electron chi connectivity index (χ1n) is 11.9. The molecular weight excluding hydrogens is 446 g/mol. The second-order valence-corrected chi connectivity index (χ2v) is 8.05. The number of hydrogen-bond donors (Lipinski definition) is 4. The molecule has 0 spiro atoms. The molecule has 11 nitrogen and oxygen atoms in total. The average molecular weight is 490 g/mol. The van der Waals surface area contributed by atoms with Crippen molar-refractivity contribution in [2.75, 3.05) is 40.1 Å². The summed E-state index contributed by atoms with van der Waals surface area (Å²) >= 11 is 0. The third kappa shape index (κ3) is 12.9. The van der Waals surface area contributed by atoms with Gasteiger partial charge in [0.2, 0.25) is 0 Å². The SMILES string of the molecule is C/C=C(/Cn1cc(COCCOCCOCCCCCC)nn1)[C@@H](O)[C@H](O)C[C@@H](O)[C@H](O)OC. The molecule has 1 rings (SSSR count). The summed E-state index contributed by atoms with van der Waals surface area (Å²) in [4.78, 5) is 0. The molecule has 0 aliphatic carbocycles. The lowest BCUT2D eigenvalue weighted by molar-refractivity contribution is -0.156. The van der Waals surface area contributed by atoms with Crippen molar-refractivity contribution in [2.24, 2.45) is 0 Å². The molecule has 0 aromatic carbocycles. The Kier molecular flexibility index (Phi) is 16.9. The maximum Gasteiger partial charge on any atom is 0.180 e. The summed E-state index contributed by atoms with van der Waals surface area (Å²) in [5.41, 5.74) is 1.12. The average Bonchev–Trinajstić information content (AvgIpc) is 3.29. The lowest BCUT2D eigenvalue weighted by atomic mass is 9.99. The minimum absolute atomic E-state index is 0.201. The summed E-state index contributed by atoms with van der Waals surface area (Å²) in [6, 6.07) is 0. The van der Waals surface area contributed by atoms with Crippen molar-refractivity contribution >= 4 is 0 Å². The first-order chi connectivity index (χ1) is 16.4. The first-order valence-corrected chi connectivity index (χ1v) is 11.9. The van der Waals surface area contributed by atoms with Gasteiger partial charge in [-0.2, -0.15) is 0 Å². The molecule has 0 amide bonds. The Bertz CT molecular complexity index is 658. The van der Waals surface area contributed by atoms with E-state index in [2.05, 4.69) is 22.0 Å². The van der Waals surface area contributed by atoms with Crippen LogP contribution < -0.4 is 0 Å². The Labute approximate surface area is 202 Å². The number of hydrogen-bond acceptors (Lipinski definition) is 10. The van der Waals surface area contributed by atoms with Gasteiger partial charge in [0.05, 0.1) is 51.9 Å². The Morgan fingerprint density at radius 1 is 0.971 bits per heavy atom. The van der Waals surface area contributed by atoms with Crippen LogP contribution in [0.15, 0.2) is 17.8 Å². The van der Waals surface area contributed by atoms with Gasteiger partial charge in [-0.15, -0.1) is 5.10 Å². The van der Waals surface area contributed by atoms with Crippen LogP contribution in [-0.2, 0) is 32.1 Å². The van der Waals surface area contributed by atoms with Crippen LogP contribution in [0.5, 0.6) is 0 Å². The van der Waals surface area contributed by atoms with Gasteiger partial charge in [0.1, 0.15) is 17.9 Å². The van der Waals surface area contributed by atoms with Gasteiger partial charge >= 0.3 is 0 Å². The van der Waals surface area contributed by atoms with Crippen LogP contribution in [0.1, 0.15) is 51.6 Å². The third-order valence-corrected chi connectivity index (χ3v) is 5.24. The van der Waals surface area contributed by atoms with E-state index < -0.39 is 24.6 Å². The molecule has 0 saturated carbocycles. The maximum atomic E-state index is 10.4. The summed E-state index contributed by atoms with van der Waals surface area (Å²) in [6.45, 7) is 7.17. The minimum atomic E-state index is -1.44. The van der Waals surface area contributed by atoms with Crippen LogP contribution in [0.25, 0.3) is 0 Å². The van der Waals surface area contributed by atoms with Crippen molar-refractivity contribution in [3.05, 3.63) is 23.5 Å². The van der Waals surface area contributed by atoms with Crippen LogP contribution in [-0.4, -0.2) is 100 Å². The molecule has 11 heteroatoms. The van der Waals surface area contributed by atoms with Gasteiger partial charge in [-0.05, 0) is 18.9 Å². The smallest absolute Gasteiger partial charge is 0.180 e. The van der Waals surface area contributed by atoms with E-state index in [1.165, 1.54) is 31.1 Å². The molecule has 4 atom stereocenters. The van der Waals surface area contributed by atoms with Crippen LogP contribution in [0.4, 0.5) is 0 Å². The van der Waals surface area contributed by atoms with Crippen LogP contribution >= 0.6 is 0 Å². The molecule has 0 radical (unpaired) electrons. The number of rotatable bonds is 21. The van der Waals surface area contributed by atoms with E-state index in [-0.39, 0.29) is 19.6 Å². The van der Waals surface area contributed by atoms with E-state index in [4.69, 9.17) is 14.2 Å². The van der Waals surface area contributed by atoms with E-state index in [1.807, 2.05) is 0 Å². The number of methoxy groups -OCH3 is 1. The monoisotopic (exact) mass is 489 g/mol. The summed E-state index contributed by atoms with van der Waals surface area (Å²) in [6.07, 6.45) is 2.58. The molecule has 1 aromatic rings. The topological polar surface area (TPSA) is 149 Å². The van der Waals surface area contributed by atoms with Gasteiger partial charge < -0.3 is 39.4 Å². The van der Waals surface area contributed by atoms with E-state index in [0.717, 1.165) is 13.0 Å². The zero-order chi connectivity index (χ0) is 25.2. The molecular formula is C23H43N3O8. The van der Waals surface area contributed by atoms with Crippen molar-refractivity contribution in [2.45, 2.75) is 83.7 Å². The van der Waals surface area contributed by atoms with Gasteiger partial charge in [-0.3, -0.25) is 0 Å². The number of aromatic nitrogens is 3. The largest absolute Gasteiger partial charge is 0.390 e. The molecule has 1 aromatic heterocycles. The summed E-state index contributed by atoms with van der Waals surface area (Å²) in [5.74, 6) is 0. The predicted octanol–water partition coefficient (Wildman–Crippen LogP) is 0.792. The zero-order valence-electron chi connectivity index (χ0n) is 20.7. The normalized spacial score (nSPS) is 15.9. The molecule has 0 aliphatic rings. The number of nitrogens with zero attached hydrogens (tertiary/aromatic N) is 3. The van der Waals surface area contributed by atoms with Gasteiger partial charge in [-0.1, -0.05) is 37.5 Å². The number of allylic oxidation sites excluding steroid dienone is 1. The van der Waals surface area contributed by atoms with Crippen molar-refractivity contribution in [3.63, 3.8) is 0 Å². The van der Waals surface area contributed by atoms with E-state index >= 15 is 0 Å². The van der Waals surface area contributed by atoms with Crippen molar-refractivity contribution in [1.82, 2.24) is 15.0 Å². The quantitative estimate of drug-likeness (QED) is 0.111. The molecule has 0 bridgehead atoms. The minimum Gasteiger partial charge on any atom is -0.390 e. The second-order valence-electron chi connectivity index (χ2n) is 8.05. The highest BCUT2D eigenvalue weighted by Crippen LogP contribution is 2.15. The molecule has 0 unspecified atom stereocenters. The zero-order valence-corrected chi connectivity index (χ0v) is 20.7. The Morgan fingerprint density at radius 2 is 1.65 bits per heavy atom. The third-order valence-electron chi connectivity index (χ3n) is 5.24. The van der Waals surface area contributed by atoms with E-state index in [9.17, 15) is 20.4 Å². The molecule has 34 heavy (non-hydrogen) atoms. The highest BCUT2D eigenvalue weighted by molar-refractivity contribution is 5.09. The number of ether oxygens (including phenoxy) is 4. The van der Waals surface area contributed by atoms with Gasteiger partial charge in [-0.25, -0.2) is 4.68 Å². The lowest BCUT2D eigenvalue weighted by Gasteiger charge is -2.24. The number of aliphatic hydroxyl groups is 4. The van der Waals surface area contributed by atoms with Crippen LogP contribution in [0.2, 0.25) is 0 Å². The molecule has 1 heterocycles. The number of unbranched alkanes of at least 4 members (excludes halogenated alkanes) is 3. The fourth-order valence-corrected chi connectivity index (χ4v) is 3.17. The van der Waals surface area contributed by atoms with Crippen LogP contribution in [0, 0.1) is 0 Å². The summed E-state index contributed by atoms with van der Waals surface area (Å²) in [7, 11) is 1.24.